The van der Waals surface area contributed by atoms with Gasteiger partial charge in [0.2, 0.25) is 0 Å². The molecule has 1 aromatic carbocycles. The van der Waals surface area contributed by atoms with Gasteiger partial charge in [-0.1, -0.05) is 11.6 Å². The van der Waals surface area contributed by atoms with Crippen LogP contribution in [0.25, 0.3) is 0 Å². The van der Waals surface area contributed by atoms with Gasteiger partial charge in [0.1, 0.15) is 5.75 Å². The lowest BCUT2D eigenvalue weighted by Crippen LogP contribution is -2.50. The van der Waals surface area contributed by atoms with Crippen molar-refractivity contribution in [3.05, 3.63) is 28.8 Å². The number of rotatable bonds is 4. The van der Waals surface area contributed by atoms with Gasteiger partial charge < -0.3 is 15.5 Å². The topological polar surface area (TPSA) is 69.6 Å². The number of benzene rings is 1. The number of carbonyl (C=O) groups excluding carboxylic acids is 1. The fourth-order valence-electron chi connectivity index (χ4n) is 2.01. The molecule has 1 aromatic rings. The van der Waals surface area contributed by atoms with E-state index in [0.717, 1.165) is 12.8 Å². The van der Waals surface area contributed by atoms with Crippen LogP contribution in [0.4, 0.5) is 0 Å². The molecule has 1 unspecified atom stereocenters. The van der Waals surface area contributed by atoms with Crippen molar-refractivity contribution in [2.24, 2.45) is 5.92 Å². The molecular weight excluding hydrogens is 254 g/mol. The number of halogens is 1. The first-order valence-corrected chi connectivity index (χ1v) is 6.26. The smallest absolute Gasteiger partial charge is 0.255 e. The van der Waals surface area contributed by atoms with Gasteiger partial charge in [0.05, 0.1) is 17.7 Å². The minimum absolute atomic E-state index is 0.113. The number of aliphatic hydroxyl groups excluding tert-OH is 1. The van der Waals surface area contributed by atoms with Gasteiger partial charge in [0.25, 0.3) is 5.91 Å². The first kappa shape index (κ1) is 13.2. The summed E-state index contributed by atoms with van der Waals surface area (Å²) in [6.45, 7) is 1.70. The summed E-state index contributed by atoms with van der Waals surface area (Å²) in [6.07, 6.45) is 2.01. The Morgan fingerprint density at radius 2 is 2.22 bits per heavy atom. The number of hydrogen-bond acceptors (Lipinski definition) is 3. The summed E-state index contributed by atoms with van der Waals surface area (Å²) >= 11 is 5.71. The van der Waals surface area contributed by atoms with Crippen LogP contribution in [0.5, 0.6) is 5.75 Å². The summed E-state index contributed by atoms with van der Waals surface area (Å²) in [5.74, 6) is -0.246. The zero-order valence-corrected chi connectivity index (χ0v) is 10.9. The highest BCUT2D eigenvalue weighted by Gasteiger charge is 2.42. The molecule has 1 atom stereocenters. The van der Waals surface area contributed by atoms with Crippen LogP contribution < -0.4 is 5.32 Å². The van der Waals surface area contributed by atoms with Crippen LogP contribution >= 0.6 is 11.6 Å². The predicted molar refractivity (Wildman–Crippen MR) is 68.8 cm³/mol. The molecule has 1 aliphatic rings. The van der Waals surface area contributed by atoms with Gasteiger partial charge in [0, 0.05) is 5.02 Å². The SMILES string of the molecule is CC(CO)(NC(=O)c1ccc(Cl)cc1O)C1CC1. The van der Waals surface area contributed by atoms with Crippen LogP contribution in [-0.2, 0) is 0 Å². The van der Waals surface area contributed by atoms with Gasteiger partial charge >= 0.3 is 0 Å². The Balaban J connectivity index is 2.16. The summed E-state index contributed by atoms with van der Waals surface area (Å²) in [5, 5.41) is 22.2. The molecule has 1 fully saturated rings. The summed E-state index contributed by atoms with van der Waals surface area (Å²) in [4.78, 5) is 12.1. The summed E-state index contributed by atoms with van der Waals surface area (Å²) < 4.78 is 0. The molecule has 4 nitrogen and oxygen atoms in total. The normalized spacial score (nSPS) is 18.2. The van der Waals surface area contributed by atoms with E-state index in [2.05, 4.69) is 5.32 Å². The maximum atomic E-state index is 12.1. The lowest BCUT2D eigenvalue weighted by atomic mass is 9.96. The molecule has 0 aliphatic heterocycles. The molecule has 1 amide bonds. The van der Waals surface area contributed by atoms with Crippen molar-refractivity contribution in [2.75, 3.05) is 6.61 Å². The Hall–Kier alpha value is -1.26. The monoisotopic (exact) mass is 269 g/mol. The van der Waals surface area contributed by atoms with E-state index in [1.54, 1.807) is 6.07 Å². The van der Waals surface area contributed by atoms with Gasteiger partial charge in [0.15, 0.2) is 0 Å². The molecule has 2 rings (SSSR count). The standard InChI is InChI=1S/C13H16ClNO3/c1-13(7-16,8-2-3-8)15-12(18)10-5-4-9(14)6-11(10)17/h4-6,8,16-17H,2-3,7H2,1H3,(H,15,18). The quantitative estimate of drug-likeness (QED) is 0.782. The third-order valence-electron chi connectivity index (χ3n) is 3.41. The third kappa shape index (κ3) is 2.60. The van der Waals surface area contributed by atoms with E-state index in [1.807, 2.05) is 6.92 Å². The molecule has 0 radical (unpaired) electrons. The Morgan fingerprint density at radius 1 is 1.56 bits per heavy atom. The Bertz CT molecular complexity index is 473. The molecule has 0 saturated heterocycles. The van der Waals surface area contributed by atoms with Crippen molar-refractivity contribution in [1.29, 1.82) is 0 Å². The van der Waals surface area contributed by atoms with Crippen LogP contribution in [0.3, 0.4) is 0 Å². The fourth-order valence-corrected chi connectivity index (χ4v) is 2.18. The zero-order valence-electron chi connectivity index (χ0n) is 10.1. The molecule has 1 aliphatic carbocycles. The molecule has 18 heavy (non-hydrogen) atoms. The van der Waals surface area contributed by atoms with Crippen molar-refractivity contribution in [1.82, 2.24) is 5.32 Å². The van der Waals surface area contributed by atoms with Crippen LogP contribution in [-0.4, -0.2) is 28.3 Å². The number of phenols is 1. The molecule has 98 valence electrons. The molecular formula is C13H16ClNO3. The first-order chi connectivity index (χ1) is 8.46. The maximum absolute atomic E-state index is 12.1. The number of amides is 1. The Kier molecular flexibility index (Phi) is 3.50. The highest BCUT2D eigenvalue weighted by molar-refractivity contribution is 6.30. The predicted octanol–water partition coefficient (Wildman–Crippen LogP) is 1.94. The van der Waals surface area contributed by atoms with Crippen LogP contribution in [0.2, 0.25) is 5.02 Å². The van der Waals surface area contributed by atoms with E-state index in [1.165, 1.54) is 12.1 Å². The second-order valence-corrected chi connectivity index (χ2v) is 5.40. The minimum Gasteiger partial charge on any atom is -0.507 e. The lowest BCUT2D eigenvalue weighted by molar-refractivity contribution is 0.0822. The molecule has 5 heteroatoms. The van der Waals surface area contributed by atoms with Crippen LogP contribution in [0, 0.1) is 5.92 Å². The number of aliphatic hydroxyl groups is 1. The van der Waals surface area contributed by atoms with Crippen molar-refractivity contribution in [2.45, 2.75) is 25.3 Å². The van der Waals surface area contributed by atoms with Gasteiger partial charge in [-0.05, 0) is 43.9 Å². The molecule has 0 aromatic heterocycles. The van der Waals surface area contributed by atoms with E-state index >= 15 is 0 Å². The second kappa shape index (κ2) is 4.78. The number of phenolic OH excluding ortho intramolecular Hbond substituents is 1. The van der Waals surface area contributed by atoms with E-state index in [4.69, 9.17) is 11.6 Å². The highest BCUT2D eigenvalue weighted by atomic mass is 35.5. The van der Waals surface area contributed by atoms with Gasteiger partial charge in [-0.3, -0.25) is 4.79 Å². The Morgan fingerprint density at radius 3 is 2.72 bits per heavy atom. The minimum atomic E-state index is -0.622. The van der Waals surface area contributed by atoms with Crippen LogP contribution in [0.1, 0.15) is 30.1 Å². The van der Waals surface area contributed by atoms with Crippen LogP contribution in [0.15, 0.2) is 18.2 Å². The van der Waals surface area contributed by atoms with Crippen molar-refractivity contribution < 1.29 is 15.0 Å². The van der Waals surface area contributed by atoms with Gasteiger partial charge in [-0.25, -0.2) is 0 Å². The Labute approximate surface area is 111 Å². The zero-order chi connectivity index (χ0) is 13.3. The maximum Gasteiger partial charge on any atom is 0.255 e. The fraction of sp³-hybridized carbons (Fsp3) is 0.462. The van der Waals surface area contributed by atoms with E-state index < -0.39 is 11.4 Å². The van der Waals surface area contributed by atoms with Crippen molar-refractivity contribution >= 4 is 17.5 Å². The number of carbonyl (C=O) groups is 1. The van der Waals surface area contributed by atoms with Gasteiger partial charge in [-0.15, -0.1) is 0 Å². The van der Waals surface area contributed by atoms with E-state index in [0.29, 0.717) is 10.9 Å². The summed E-state index contributed by atoms with van der Waals surface area (Å²) in [6, 6.07) is 4.34. The largest absolute Gasteiger partial charge is 0.507 e. The lowest BCUT2D eigenvalue weighted by Gasteiger charge is -2.28. The molecule has 1 saturated carbocycles. The van der Waals surface area contributed by atoms with Crippen molar-refractivity contribution in [3.63, 3.8) is 0 Å². The molecule has 0 bridgehead atoms. The summed E-state index contributed by atoms with van der Waals surface area (Å²) in [7, 11) is 0. The number of nitrogens with one attached hydrogen (secondary N) is 1. The second-order valence-electron chi connectivity index (χ2n) is 4.97. The summed E-state index contributed by atoms with van der Waals surface area (Å²) in [5.41, 5.74) is -0.455. The average Bonchev–Trinajstić information content (AvgIpc) is 3.12. The molecule has 3 N–H and O–H groups in total. The van der Waals surface area contributed by atoms with Gasteiger partial charge in [-0.2, -0.15) is 0 Å². The number of hydrogen-bond donors (Lipinski definition) is 3. The third-order valence-corrected chi connectivity index (χ3v) is 3.65. The molecule has 0 heterocycles. The van der Waals surface area contributed by atoms with E-state index in [9.17, 15) is 15.0 Å². The number of aromatic hydroxyl groups is 1. The van der Waals surface area contributed by atoms with Crippen molar-refractivity contribution in [3.8, 4) is 5.75 Å². The highest BCUT2D eigenvalue weighted by Crippen LogP contribution is 2.39. The molecule has 0 spiro atoms. The average molecular weight is 270 g/mol. The van der Waals surface area contributed by atoms with E-state index in [-0.39, 0.29) is 17.9 Å². The first-order valence-electron chi connectivity index (χ1n) is 5.88.